The predicted molar refractivity (Wildman–Crippen MR) is 92.6 cm³/mol. The van der Waals surface area contributed by atoms with Gasteiger partial charge in [0.1, 0.15) is 0 Å². The van der Waals surface area contributed by atoms with Gasteiger partial charge < -0.3 is 10.2 Å². The summed E-state index contributed by atoms with van der Waals surface area (Å²) in [6.07, 6.45) is 5.05. The van der Waals surface area contributed by atoms with Crippen LogP contribution in [0.3, 0.4) is 0 Å². The van der Waals surface area contributed by atoms with Crippen molar-refractivity contribution in [3.8, 4) is 0 Å². The molecule has 0 radical (unpaired) electrons. The lowest BCUT2D eigenvalue weighted by Gasteiger charge is -2.26. The Bertz CT molecular complexity index is 474. The molecule has 120 valence electrons. The number of nitrogens with zero attached hydrogens (tertiary/aromatic N) is 1. The summed E-state index contributed by atoms with van der Waals surface area (Å²) >= 11 is 5.14. The van der Waals surface area contributed by atoms with Crippen molar-refractivity contribution >= 4 is 23.2 Å². The number of hydrazine groups is 1. The van der Waals surface area contributed by atoms with Gasteiger partial charge in [-0.3, -0.25) is 15.6 Å². The minimum absolute atomic E-state index is 0.196. The van der Waals surface area contributed by atoms with Gasteiger partial charge in [-0.2, -0.15) is 0 Å². The lowest BCUT2D eigenvalue weighted by Crippen LogP contribution is -2.47. The third-order valence-electron chi connectivity index (χ3n) is 3.71. The molecule has 0 saturated carbocycles. The number of rotatable bonds is 5. The molecule has 0 aliphatic carbocycles. The minimum atomic E-state index is -0.196. The maximum absolute atomic E-state index is 11.8. The monoisotopic (exact) mass is 320 g/mol. The van der Waals surface area contributed by atoms with Crippen molar-refractivity contribution in [1.82, 2.24) is 21.1 Å². The maximum atomic E-state index is 11.8. The third kappa shape index (κ3) is 5.99. The van der Waals surface area contributed by atoms with Crippen LogP contribution in [-0.4, -0.2) is 42.1 Å². The van der Waals surface area contributed by atoms with Crippen LogP contribution >= 0.6 is 12.2 Å². The van der Waals surface area contributed by atoms with Crippen molar-refractivity contribution in [3.63, 3.8) is 0 Å². The summed E-state index contributed by atoms with van der Waals surface area (Å²) in [5.41, 5.74) is 5.91. The fourth-order valence-corrected chi connectivity index (χ4v) is 2.66. The molecule has 0 unspecified atom stereocenters. The van der Waals surface area contributed by atoms with Crippen LogP contribution < -0.4 is 16.2 Å². The Morgan fingerprint density at radius 1 is 1.09 bits per heavy atom. The smallest absolute Gasteiger partial charge is 0.269 e. The van der Waals surface area contributed by atoms with Crippen molar-refractivity contribution in [2.45, 2.75) is 25.7 Å². The van der Waals surface area contributed by atoms with Gasteiger partial charge in [-0.1, -0.05) is 24.6 Å². The van der Waals surface area contributed by atoms with Crippen LogP contribution in [0.5, 0.6) is 0 Å². The number of nitrogens with one attached hydrogen (secondary N) is 3. The Kier molecular flexibility index (Phi) is 7.12. The molecule has 0 bridgehead atoms. The van der Waals surface area contributed by atoms with E-state index < -0.39 is 0 Å². The second-order valence-corrected chi connectivity index (χ2v) is 5.87. The number of carbonyl (C=O) groups is 1. The zero-order chi connectivity index (χ0) is 15.6. The minimum Gasteiger partial charge on any atom is -0.361 e. The van der Waals surface area contributed by atoms with E-state index in [-0.39, 0.29) is 5.91 Å². The van der Waals surface area contributed by atoms with Crippen LogP contribution in [0.2, 0.25) is 0 Å². The summed E-state index contributed by atoms with van der Waals surface area (Å²) in [5.74, 6) is -0.196. The Balaban J connectivity index is 1.55. The lowest BCUT2D eigenvalue weighted by molar-refractivity contribution is 0.0943. The van der Waals surface area contributed by atoms with E-state index in [0.717, 1.165) is 19.5 Å². The highest BCUT2D eigenvalue weighted by Crippen LogP contribution is 2.08. The Hall–Kier alpha value is -1.66. The first-order valence-corrected chi connectivity index (χ1v) is 8.28. The lowest BCUT2D eigenvalue weighted by atomic mass is 10.1. The molecule has 1 aromatic carbocycles. The van der Waals surface area contributed by atoms with Gasteiger partial charge in [0.2, 0.25) is 0 Å². The summed E-state index contributed by atoms with van der Waals surface area (Å²) in [5, 5.41) is 3.56. The highest BCUT2D eigenvalue weighted by atomic mass is 32.1. The Labute approximate surface area is 137 Å². The molecule has 1 fully saturated rings. The van der Waals surface area contributed by atoms with Crippen molar-refractivity contribution < 1.29 is 4.79 Å². The summed E-state index contributed by atoms with van der Waals surface area (Å²) in [6.45, 7) is 4.35. The highest BCUT2D eigenvalue weighted by Gasteiger charge is 2.09. The van der Waals surface area contributed by atoms with E-state index in [1.54, 1.807) is 12.1 Å². The first-order chi connectivity index (χ1) is 10.8. The van der Waals surface area contributed by atoms with Gasteiger partial charge in [0.05, 0.1) is 0 Å². The molecule has 1 aromatic rings. The summed E-state index contributed by atoms with van der Waals surface area (Å²) in [4.78, 5) is 14.3. The number of hydrogen-bond acceptors (Lipinski definition) is 3. The van der Waals surface area contributed by atoms with E-state index in [1.807, 2.05) is 18.2 Å². The van der Waals surface area contributed by atoms with Gasteiger partial charge in [0.15, 0.2) is 5.11 Å². The molecule has 6 heteroatoms. The number of amides is 1. The second kappa shape index (κ2) is 9.38. The maximum Gasteiger partial charge on any atom is 0.269 e. The molecule has 2 rings (SSSR count). The molecule has 1 amide bonds. The summed E-state index contributed by atoms with van der Waals surface area (Å²) in [6, 6.07) is 9.04. The van der Waals surface area contributed by atoms with Crippen molar-refractivity contribution in [3.05, 3.63) is 35.9 Å². The van der Waals surface area contributed by atoms with Gasteiger partial charge in [-0.25, -0.2) is 0 Å². The average Bonchev–Trinajstić information content (AvgIpc) is 2.58. The topological polar surface area (TPSA) is 56.4 Å². The first-order valence-electron chi connectivity index (χ1n) is 7.87. The highest BCUT2D eigenvalue weighted by molar-refractivity contribution is 7.80. The van der Waals surface area contributed by atoms with Crippen LogP contribution in [0.4, 0.5) is 0 Å². The van der Waals surface area contributed by atoms with Crippen LogP contribution in [0.15, 0.2) is 30.3 Å². The van der Waals surface area contributed by atoms with Crippen LogP contribution in [-0.2, 0) is 0 Å². The predicted octanol–water partition coefficient (Wildman–Crippen LogP) is 1.67. The Morgan fingerprint density at radius 3 is 2.55 bits per heavy atom. The molecule has 0 atom stereocenters. The van der Waals surface area contributed by atoms with E-state index in [2.05, 4.69) is 21.1 Å². The quantitative estimate of drug-likeness (QED) is 0.438. The molecule has 22 heavy (non-hydrogen) atoms. The number of thiocarbonyl (C=S) groups is 1. The molecule has 1 aliphatic rings. The molecule has 0 spiro atoms. The fourth-order valence-electron chi connectivity index (χ4n) is 2.51. The molecule has 1 saturated heterocycles. The molecule has 1 aliphatic heterocycles. The van der Waals surface area contributed by atoms with Gasteiger partial charge in [-0.15, -0.1) is 0 Å². The molecular formula is C16H24N4OS. The molecule has 0 aromatic heterocycles. The zero-order valence-electron chi connectivity index (χ0n) is 12.8. The molecular weight excluding hydrogens is 296 g/mol. The number of carbonyl (C=O) groups excluding carboxylic acids is 1. The first kappa shape index (κ1) is 16.7. The number of piperidine rings is 1. The molecule has 5 nitrogen and oxygen atoms in total. The normalized spacial score (nSPS) is 15.1. The van der Waals surface area contributed by atoms with Gasteiger partial charge in [0, 0.05) is 12.1 Å². The van der Waals surface area contributed by atoms with Crippen LogP contribution in [0.1, 0.15) is 36.0 Å². The average molecular weight is 320 g/mol. The fraction of sp³-hybridized carbons (Fsp3) is 0.500. The summed E-state index contributed by atoms with van der Waals surface area (Å²) < 4.78 is 0. The van der Waals surface area contributed by atoms with Gasteiger partial charge in [0.25, 0.3) is 5.91 Å². The van der Waals surface area contributed by atoms with E-state index in [4.69, 9.17) is 12.2 Å². The second-order valence-electron chi connectivity index (χ2n) is 5.46. The van der Waals surface area contributed by atoms with Crippen LogP contribution in [0, 0.1) is 0 Å². The number of likely N-dealkylation sites (tertiary alicyclic amines) is 1. The van der Waals surface area contributed by atoms with E-state index >= 15 is 0 Å². The molecule has 3 N–H and O–H groups in total. The SMILES string of the molecule is O=C(NNC(=S)NCCCN1CCCCC1)c1ccccc1. The molecule has 1 heterocycles. The van der Waals surface area contributed by atoms with Crippen molar-refractivity contribution in [1.29, 1.82) is 0 Å². The standard InChI is InChI=1S/C16H24N4OS/c21-15(14-8-3-1-4-9-14)18-19-16(22)17-10-7-13-20-11-5-2-6-12-20/h1,3-4,8-9H,2,5-7,10-13H2,(H,18,21)(H2,17,19,22). The van der Waals surface area contributed by atoms with Gasteiger partial charge >= 0.3 is 0 Å². The number of benzene rings is 1. The van der Waals surface area contributed by atoms with Crippen LogP contribution in [0.25, 0.3) is 0 Å². The Morgan fingerprint density at radius 2 is 1.82 bits per heavy atom. The van der Waals surface area contributed by atoms with Crippen molar-refractivity contribution in [2.24, 2.45) is 0 Å². The summed E-state index contributed by atoms with van der Waals surface area (Å²) in [7, 11) is 0. The number of hydrogen-bond donors (Lipinski definition) is 3. The largest absolute Gasteiger partial charge is 0.361 e. The van der Waals surface area contributed by atoms with E-state index in [1.165, 1.54) is 32.4 Å². The third-order valence-corrected chi connectivity index (χ3v) is 3.96. The van der Waals surface area contributed by atoms with Gasteiger partial charge in [-0.05, 0) is 63.2 Å². The van der Waals surface area contributed by atoms with E-state index in [9.17, 15) is 4.79 Å². The van der Waals surface area contributed by atoms with Crippen molar-refractivity contribution in [2.75, 3.05) is 26.2 Å². The zero-order valence-corrected chi connectivity index (χ0v) is 13.6. The van der Waals surface area contributed by atoms with E-state index in [0.29, 0.717) is 10.7 Å².